The fourth-order valence-corrected chi connectivity index (χ4v) is 3.55. The summed E-state index contributed by atoms with van der Waals surface area (Å²) in [4.78, 5) is 30.3. The maximum absolute atomic E-state index is 12.3. The van der Waals surface area contributed by atoms with Crippen molar-refractivity contribution in [1.82, 2.24) is 15.2 Å². The smallest absolute Gasteiger partial charge is 0.251 e. The topological polar surface area (TPSA) is 71.5 Å². The van der Waals surface area contributed by atoms with Gasteiger partial charge in [-0.05, 0) is 49.7 Å². The maximum atomic E-state index is 12.3. The number of carbonyl (C=O) groups excluding carboxylic acids is 2. The Morgan fingerprint density at radius 2 is 2.12 bits per heavy atom. The van der Waals surface area contributed by atoms with Crippen molar-refractivity contribution in [2.24, 2.45) is 5.92 Å². The monoisotopic (exact) mass is 345 g/mol. The minimum atomic E-state index is -0.213. The number of amides is 2. The zero-order chi connectivity index (χ0) is 17.5. The van der Waals surface area contributed by atoms with E-state index in [9.17, 15) is 9.59 Å². The first kappa shape index (κ1) is 17.9. The van der Waals surface area contributed by atoms with E-state index >= 15 is 0 Å². The summed E-state index contributed by atoms with van der Waals surface area (Å²) >= 11 is 0. The first-order chi connectivity index (χ1) is 12.2. The second kappa shape index (κ2) is 8.94. The fourth-order valence-electron chi connectivity index (χ4n) is 3.55. The number of carbonyl (C=O) groups is 2. The highest BCUT2D eigenvalue weighted by molar-refractivity contribution is 5.81. The summed E-state index contributed by atoms with van der Waals surface area (Å²) in [6, 6.07) is 3.82. The number of nitrogens with zero attached hydrogens (tertiary/aromatic N) is 2. The third-order valence-corrected chi connectivity index (χ3v) is 5.12. The number of piperidine rings is 1. The second-order valence-corrected chi connectivity index (χ2v) is 6.95. The molecule has 25 heavy (non-hydrogen) atoms. The minimum Gasteiger partial charge on any atom is -0.368 e. The van der Waals surface area contributed by atoms with Gasteiger partial charge in [0.25, 0.3) is 5.91 Å². The van der Waals surface area contributed by atoms with Crippen LogP contribution < -0.4 is 5.32 Å². The van der Waals surface area contributed by atoms with Gasteiger partial charge in [-0.1, -0.05) is 6.07 Å². The molecule has 0 saturated carbocycles. The van der Waals surface area contributed by atoms with Gasteiger partial charge in [-0.3, -0.25) is 14.6 Å². The van der Waals surface area contributed by atoms with E-state index in [4.69, 9.17) is 4.74 Å². The van der Waals surface area contributed by atoms with Crippen LogP contribution in [0.1, 0.15) is 44.1 Å². The maximum Gasteiger partial charge on any atom is 0.251 e. The molecule has 0 spiro atoms. The van der Waals surface area contributed by atoms with E-state index in [1.54, 1.807) is 12.4 Å². The Hall–Kier alpha value is -1.95. The van der Waals surface area contributed by atoms with Gasteiger partial charge in [0.05, 0.1) is 0 Å². The van der Waals surface area contributed by atoms with Gasteiger partial charge in [-0.2, -0.15) is 0 Å². The summed E-state index contributed by atoms with van der Waals surface area (Å²) in [5.41, 5.74) is 1.01. The number of pyridine rings is 1. The highest BCUT2D eigenvalue weighted by atomic mass is 16.5. The first-order valence-corrected chi connectivity index (χ1v) is 9.28. The van der Waals surface area contributed by atoms with Crippen LogP contribution in [0.4, 0.5) is 0 Å². The normalized spacial score (nSPS) is 21.3. The Kier molecular flexibility index (Phi) is 6.39. The molecule has 2 aliphatic heterocycles. The molecule has 2 saturated heterocycles. The van der Waals surface area contributed by atoms with Gasteiger partial charge in [0.1, 0.15) is 6.10 Å². The standard InChI is InChI=1S/C19H27N3O3/c23-18(21-14-16-3-1-9-20-13-16)6-5-15-7-10-22(11-8-15)19(24)17-4-2-12-25-17/h1,3,9,13,15,17H,2,4-8,10-12,14H2,(H,21,23). The van der Waals surface area contributed by atoms with Crippen molar-refractivity contribution < 1.29 is 14.3 Å². The molecule has 2 amide bonds. The molecule has 2 fully saturated rings. The molecule has 1 aromatic heterocycles. The number of ether oxygens (including phenoxy) is 1. The predicted octanol–water partition coefficient (Wildman–Crippen LogP) is 1.90. The van der Waals surface area contributed by atoms with E-state index in [0.29, 0.717) is 25.5 Å². The molecule has 0 radical (unpaired) electrons. The second-order valence-electron chi connectivity index (χ2n) is 6.95. The van der Waals surface area contributed by atoms with Crippen LogP contribution in [0.2, 0.25) is 0 Å². The van der Waals surface area contributed by atoms with Gasteiger partial charge >= 0.3 is 0 Å². The zero-order valence-electron chi connectivity index (χ0n) is 14.7. The zero-order valence-corrected chi connectivity index (χ0v) is 14.7. The lowest BCUT2D eigenvalue weighted by molar-refractivity contribution is -0.142. The Labute approximate surface area is 148 Å². The Morgan fingerprint density at radius 1 is 1.28 bits per heavy atom. The summed E-state index contributed by atoms with van der Waals surface area (Å²) in [7, 11) is 0. The summed E-state index contributed by atoms with van der Waals surface area (Å²) in [5, 5.41) is 2.94. The van der Waals surface area contributed by atoms with Crippen LogP contribution in [-0.4, -0.2) is 47.5 Å². The first-order valence-electron chi connectivity index (χ1n) is 9.28. The molecule has 0 bridgehead atoms. The van der Waals surface area contributed by atoms with Gasteiger partial charge < -0.3 is 15.0 Å². The van der Waals surface area contributed by atoms with Crippen molar-refractivity contribution in [3.8, 4) is 0 Å². The van der Waals surface area contributed by atoms with Crippen LogP contribution in [0.5, 0.6) is 0 Å². The van der Waals surface area contributed by atoms with Crippen LogP contribution in [0, 0.1) is 5.92 Å². The molecular formula is C19H27N3O3. The van der Waals surface area contributed by atoms with E-state index < -0.39 is 0 Å². The van der Waals surface area contributed by atoms with Crippen LogP contribution in [-0.2, 0) is 20.9 Å². The molecule has 3 heterocycles. The molecule has 0 aliphatic carbocycles. The van der Waals surface area contributed by atoms with E-state index in [0.717, 1.165) is 50.8 Å². The Bertz CT molecular complexity index is 565. The molecule has 2 aliphatic rings. The number of nitrogens with one attached hydrogen (secondary N) is 1. The molecule has 3 rings (SSSR count). The van der Waals surface area contributed by atoms with Crippen LogP contribution >= 0.6 is 0 Å². The molecule has 1 aromatic rings. The molecule has 6 nitrogen and oxygen atoms in total. The Morgan fingerprint density at radius 3 is 2.80 bits per heavy atom. The summed E-state index contributed by atoms with van der Waals surface area (Å²) in [6.07, 6.45) is 8.52. The van der Waals surface area contributed by atoms with E-state index in [1.165, 1.54) is 0 Å². The SMILES string of the molecule is O=C(CCC1CCN(C(=O)C2CCCO2)CC1)NCc1cccnc1. The summed E-state index contributed by atoms with van der Waals surface area (Å²) in [5.74, 6) is 0.768. The van der Waals surface area contributed by atoms with E-state index in [-0.39, 0.29) is 17.9 Å². The van der Waals surface area contributed by atoms with Gasteiger partial charge in [0.15, 0.2) is 0 Å². The van der Waals surface area contributed by atoms with Crippen molar-refractivity contribution >= 4 is 11.8 Å². The van der Waals surface area contributed by atoms with Crippen LogP contribution in [0.25, 0.3) is 0 Å². The largest absolute Gasteiger partial charge is 0.368 e. The quantitative estimate of drug-likeness (QED) is 0.855. The lowest BCUT2D eigenvalue weighted by atomic mass is 9.91. The molecule has 6 heteroatoms. The summed E-state index contributed by atoms with van der Waals surface area (Å²) < 4.78 is 5.49. The highest BCUT2D eigenvalue weighted by Crippen LogP contribution is 2.24. The minimum absolute atomic E-state index is 0.0849. The predicted molar refractivity (Wildman–Crippen MR) is 93.6 cm³/mol. The number of likely N-dealkylation sites (tertiary alicyclic amines) is 1. The van der Waals surface area contributed by atoms with Gasteiger partial charge in [-0.15, -0.1) is 0 Å². The third kappa shape index (κ3) is 5.26. The highest BCUT2D eigenvalue weighted by Gasteiger charge is 2.30. The molecule has 1 unspecified atom stereocenters. The summed E-state index contributed by atoms with van der Waals surface area (Å²) in [6.45, 7) is 2.82. The van der Waals surface area contributed by atoms with Gasteiger partial charge in [0, 0.05) is 45.1 Å². The van der Waals surface area contributed by atoms with Crippen molar-refractivity contribution in [2.75, 3.05) is 19.7 Å². The van der Waals surface area contributed by atoms with Crippen LogP contribution in [0.15, 0.2) is 24.5 Å². The van der Waals surface area contributed by atoms with Gasteiger partial charge in [-0.25, -0.2) is 0 Å². The van der Waals surface area contributed by atoms with Crippen LogP contribution in [0.3, 0.4) is 0 Å². The number of hydrogen-bond donors (Lipinski definition) is 1. The molecule has 1 N–H and O–H groups in total. The average molecular weight is 345 g/mol. The van der Waals surface area contributed by atoms with Crippen molar-refractivity contribution in [3.05, 3.63) is 30.1 Å². The van der Waals surface area contributed by atoms with E-state index in [1.807, 2.05) is 17.0 Å². The molecule has 136 valence electrons. The van der Waals surface area contributed by atoms with E-state index in [2.05, 4.69) is 10.3 Å². The van der Waals surface area contributed by atoms with Crippen molar-refractivity contribution in [1.29, 1.82) is 0 Å². The number of hydrogen-bond acceptors (Lipinski definition) is 4. The number of rotatable bonds is 6. The molecular weight excluding hydrogens is 318 g/mol. The average Bonchev–Trinajstić information content (AvgIpc) is 3.20. The fraction of sp³-hybridized carbons (Fsp3) is 0.632. The molecule has 0 aromatic carbocycles. The van der Waals surface area contributed by atoms with Crippen molar-refractivity contribution in [2.45, 2.75) is 51.2 Å². The molecule has 1 atom stereocenters. The van der Waals surface area contributed by atoms with Gasteiger partial charge in [0.2, 0.25) is 5.91 Å². The van der Waals surface area contributed by atoms with Crippen molar-refractivity contribution in [3.63, 3.8) is 0 Å². The lowest BCUT2D eigenvalue weighted by Gasteiger charge is -2.33. The Balaban J connectivity index is 1.32. The third-order valence-electron chi connectivity index (χ3n) is 5.12. The lowest BCUT2D eigenvalue weighted by Crippen LogP contribution is -2.43. The number of aromatic nitrogens is 1.